The molecule has 1 amide bonds. The molecule has 0 aliphatic heterocycles. The molecular formula is C19H25N3O3. The second kappa shape index (κ2) is 8.46. The largest absolute Gasteiger partial charge is 0.481 e. The van der Waals surface area contributed by atoms with Crippen LogP contribution in [-0.2, 0) is 17.8 Å². The van der Waals surface area contributed by atoms with Gasteiger partial charge in [0.05, 0.1) is 17.7 Å². The normalized spacial score (nSPS) is 12.2. The number of carboxylic acids is 1. The summed E-state index contributed by atoms with van der Waals surface area (Å²) in [6.45, 7) is 6.84. The highest BCUT2D eigenvalue weighted by Gasteiger charge is 2.21. The average Bonchev–Trinajstić information content (AvgIpc) is 2.92. The van der Waals surface area contributed by atoms with Gasteiger partial charge in [-0.2, -0.15) is 5.10 Å². The molecule has 1 aromatic heterocycles. The van der Waals surface area contributed by atoms with Crippen LogP contribution in [0.5, 0.6) is 0 Å². The van der Waals surface area contributed by atoms with Gasteiger partial charge in [0.1, 0.15) is 0 Å². The zero-order valence-corrected chi connectivity index (χ0v) is 14.9. The van der Waals surface area contributed by atoms with Crippen LogP contribution < -0.4 is 5.32 Å². The zero-order chi connectivity index (χ0) is 18.4. The van der Waals surface area contributed by atoms with E-state index < -0.39 is 11.9 Å². The van der Waals surface area contributed by atoms with E-state index in [0.717, 1.165) is 17.8 Å². The van der Waals surface area contributed by atoms with Gasteiger partial charge in [0.15, 0.2) is 0 Å². The number of carbonyl (C=O) groups excluding carboxylic acids is 1. The summed E-state index contributed by atoms with van der Waals surface area (Å²) in [5.41, 5.74) is 2.22. The van der Waals surface area contributed by atoms with Gasteiger partial charge < -0.3 is 10.4 Å². The second-order valence-corrected chi connectivity index (χ2v) is 6.65. The number of nitrogens with zero attached hydrogens (tertiary/aromatic N) is 2. The van der Waals surface area contributed by atoms with E-state index in [4.69, 9.17) is 0 Å². The van der Waals surface area contributed by atoms with Crippen molar-refractivity contribution in [1.82, 2.24) is 15.1 Å². The van der Waals surface area contributed by atoms with E-state index in [-0.39, 0.29) is 12.5 Å². The number of carboxylic acid groups (broad SMARTS) is 1. The number of hydrogen-bond acceptors (Lipinski definition) is 3. The predicted molar refractivity (Wildman–Crippen MR) is 95.4 cm³/mol. The molecule has 6 heteroatoms. The lowest BCUT2D eigenvalue weighted by molar-refractivity contribution is -0.141. The third-order valence-electron chi connectivity index (χ3n) is 4.07. The van der Waals surface area contributed by atoms with E-state index in [1.807, 2.05) is 37.3 Å². The molecule has 2 rings (SSSR count). The lowest BCUT2D eigenvalue weighted by Crippen LogP contribution is -2.34. The first-order valence-electron chi connectivity index (χ1n) is 8.45. The van der Waals surface area contributed by atoms with Crippen molar-refractivity contribution in [3.05, 3.63) is 53.3 Å². The third-order valence-corrected chi connectivity index (χ3v) is 4.07. The molecular weight excluding hydrogens is 318 g/mol. The van der Waals surface area contributed by atoms with Crippen LogP contribution in [0.25, 0.3) is 0 Å². The maximum absolute atomic E-state index is 12.4. The topological polar surface area (TPSA) is 84.2 Å². The van der Waals surface area contributed by atoms with Crippen LogP contribution in [0.2, 0.25) is 0 Å². The molecule has 6 nitrogen and oxygen atoms in total. The van der Waals surface area contributed by atoms with Crippen molar-refractivity contribution in [2.75, 3.05) is 6.54 Å². The number of rotatable bonds is 8. The van der Waals surface area contributed by atoms with Gasteiger partial charge in [-0.1, -0.05) is 44.2 Å². The van der Waals surface area contributed by atoms with Gasteiger partial charge >= 0.3 is 5.97 Å². The quantitative estimate of drug-likeness (QED) is 0.771. The van der Waals surface area contributed by atoms with Crippen LogP contribution >= 0.6 is 0 Å². The smallest absolute Gasteiger partial charge is 0.308 e. The average molecular weight is 343 g/mol. The molecule has 0 spiro atoms. The number of aliphatic carboxylic acids is 1. The Hall–Kier alpha value is -2.63. The number of aromatic nitrogens is 2. The van der Waals surface area contributed by atoms with Crippen molar-refractivity contribution in [3.63, 3.8) is 0 Å². The Kier molecular flexibility index (Phi) is 6.33. The van der Waals surface area contributed by atoms with Crippen LogP contribution in [0.4, 0.5) is 0 Å². The van der Waals surface area contributed by atoms with Crippen molar-refractivity contribution in [3.8, 4) is 0 Å². The fraction of sp³-hybridized carbons (Fsp3) is 0.421. The zero-order valence-electron chi connectivity index (χ0n) is 14.9. The SMILES string of the molecule is Cc1c(C(=O)NCC(Cc2ccccc2)C(=O)O)cnn1CC(C)C. The number of benzene rings is 1. The number of nitrogens with one attached hydrogen (secondary N) is 1. The summed E-state index contributed by atoms with van der Waals surface area (Å²) < 4.78 is 1.80. The van der Waals surface area contributed by atoms with Gasteiger partial charge in [-0.25, -0.2) is 0 Å². The molecule has 1 atom stereocenters. The second-order valence-electron chi connectivity index (χ2n) is 6.65. The summed E-state index contributed by atoms with van der Waals surface area (Å²) >= 11 is 0. The Bertz CT molecular complexity index is 723. The van der Waals surface area contributed by atoms with Crippen molar-refractivity contribution in [1.29, 1.82) is 0 Å². The molecule has 1 aromatic carbocycles. The van der Waals surface area contributed by atoms with Gasteiger partial charge in [-0.05, 0) is 24.8 Å². The van der Waals surface area contributed by atoms with Crippen molar-refractivity contribution < 1.29 is 14.7 Å². The lowest BCUT2D eigenvalue weighted by atomic mass is 9.99. The van der Waals surface area contributed by atoms with E-state index in [0.29, 0.717) is 17.9 Å². The van der Waals surface area contributed by atoms with Gasteiger partial charge in [-0.15, -0.1) is 0 Å². The monoisotopic (exact) mass is 343 g/mol. The van der Waals surface area contributed by atoms with Gasteiger partial charge in [0.25, 0.3) is 5.91 Å². The molecule has 0 saturated carbocycles. The Morgan fingerprint density at radius 2 is 1.92 bits per heavy atom. The summed E-state index contributed by atoms with van der Waals surface area (Å²) in [6, 6.07) is 9.41. The van der Waals surface area contributed by atoms with Crippen molar-refractivity contribution >= 4 is 11.9 Å². The van der Waals surface area contributed by atoms with E-state index in [1.54, 1.807) is 10.9 Å². The van der Waals surface area contributed by atoms with Crippen LogP contribution in [0.3, 0.4) is 0 Å². The Morgan fingerprint density at radius 3 is 2.52 bits per heavy atom. The lowest BCUT2D eigenvalue weighted by Gasteiger charge is -2.14. The van der Waals surface area contributed by atoms with E-state index >= 15 is 0 Å². The van der Waals surface area contributed by atoms with Crippen LogP contribution in [0.1, 0.15) is 35.5 Å². The molecule has 0 aliphatic carbocycles. The minimum absolute atomic E-state index is 0.0812. The molecule has 0 radical (unpaired) electrons. The summed E-state index contributed by atoms with van der Waals surface area (Å²) in [4.78, 5) is 23.9. The highest BCUT2D eigenvalue weighted by Crippen LogP contribution is 2.11. The fourth-order valence-corrected chi connectivity index (χ4v) is 2.66. The summed E-state index contributed by atoms with van der Waals surface area (Å²) in [5, 5.41) is 16.4. The summed E-state index contributed by atoms with van der Waals surface area (Å²) in [6.07, 6.45) is 1.92. The minimum atomic E-state index is -0.920. The first kappa shape index (κ1) is 18.7. The molecule has 25 heavy (non-hydrogen) atoms. The molecule has 0 bridgehead atoms. The molecule has 1 unspecified atom stereocenters. The minimum Gasteiger partial charge on any atom is -0.481 e. The van der Waals surface area contributed by atoms with E-state index in [9.17, 15) is 14.7 Å². The van der Waals surface area contributed by atoms with Gasteiger partial charge in [0.2, 0.25) is 0 Å². The number of carbonyl (C=O) groups is 2. The molecule has 134 valence electrons. The van der Waals surface area contributed by atoms with Crippen LogP contribution in [0, 0.1) is 18.8 Å². The highest BCUT2D eigenvalue weighted by molar-refractivity contribution is 5.95. The first-order valence-corrected chi connectivity index (χ1v) is 8.45. The Balaban J connectivity index is 1.99. The maximum Gasteiger partial charge on any atom is 0.308 e. The molecule has 1 heterocycles. The first-order chi connectivity index (χ1) is 11.9. The fourth-order valence-electron chi connectivity index (χ4n) is 2.66. The van der Waals surface area contributed by atoms with Crippen LogP contribution in [0.15, 0.2) is 36.5 Å². The highest BCUT2D eigenvalue weighted by atomic mass is 16.4. The standard InChI is InChI=1S/C19H25N3O3/c1-13(2)12-22-14(3)17(11-21-22)18(23)20-10-16(19(24)25)9-15-7-5-4-6-8-15/h4-8,11,13,16H,9-10,12H2,1-3H3,(H,20,23)(H,24,25). The molecule has 0 aliphatic rings. The predicted octanol–water partition coefficient (Wildman–Crippen LogP) is 2.52. The van der Waals surface area contributed by atoms with E-state index in [2.05, 4.69) is 24.3 Å². The molecule has 0 saturated heterocycles. The molecule has 2 N–H and O–H groups in total. The Labute approximate surface area is 147 Å². The molecule has 0 fully saturated rings. The van der Waals surface area contributed by atoms with E-state index in [1.165, 1.54) is 0 Å². The summed E-state index contributed by atoms with van der Waals surface area (Å²) in [7, 11) is 0. The summed E-state index contributed by atoms with van der Waals surface area (Å²) in [5.74, 6) is -1.45. The number of amides is 1. The van der Waals surface area contributed by atoms with Gasteiger partial charge in [0, 0.05) is 18.8 Å². The van der Waals surface area contributed by atoms with Crippen molar-refractivity contribution in [2.45, 2.75) is 33.7 Å². The third kappa shape index (κ3) is 5.17. The Morgan fingerprint density at radius 1 is 1.24 bits per heavy atom. The molecule has 2 aromatic rings. The van der Waals surface area contributed by atoms with Crippen molar-refractivity contribution in [2.24, 2.45) is 11.8 Å². The van der Waals surface area contributed by atoms with Gasteiger partial charge in [-0.3, -0.25) is 14.3 Å². The maximum atomic E-state index is 12.4. The number of hydrogen-bond donors (Lipinski definition) is 2. The van der Waals surface area contributed by atoms with Crippen LogP contribution in [-0.4, -0.2) is 33.3 Å².